The van der Waals surface area contributed by atoms with E-state index >= 15 is 0 Å². The Bertz CT molecular complexity index is 411. The molecule has 0 amide bonds. The number of H-pyrrole nitrogens is 1. The van der Waals surface area contributed by atoms with Crippen molar-refractivity contribution < 1.29 is 9.90 Å². The highest BCUT2D eigenvalue weighted by Crippen LogP contribution is 2.13. The first-order valence-electron chi connectivity index (χ1n) is 4.44. The lowest BCUT2D eigenvalue weighted by Crippen LogP contribution is -2.36. The van der Waals surface area contributed by atoms with E-state index in [0.717, 1.165) is 0 Å². The minimum absolute atomic E-state index is 0.0942. The van der Waals surface area contributed by atoms with Gasteiger partial charge in [-0.15, -0.1) is 0 Å². The molecule has 0 saturated heterocycles. The SMILES string of the molecule is CC(C)(CC(=O)O)Nc1ncc[nH]c1=O. The van der Waals surface area contributed by atoms with E-state index in [2.05, 4.69) is 15.3 Å². The summed E-state index contributed by atoms with van der Waals surface area (Å²) in [5, 5.41) is 11.4. The molecule has 6 nitrogen and oxygen atoms in total. The van der Waals surface area contributed by atoms with Crippen LogP contribution in [0.15, 0.2) is 17.2 Å². The Morgan fingerprint density at radius 2 is 2.33 bits per heavy atom. The van der Waals surface area contributed by atoms with E-state index in [4.69, 9.17) is 5.11 Å². The second kappa shape index (κ2) is 4.12. The molecule has 1 aromatic rings. The Balaban J connectivity index is 2.82. The number of carboxylic acid groups (broad SMARTS) is 1. The Labute approximate surface area is 86.4 Å². The number of nitrogens with one attached hydrogen (secondary N) is 2. The zero-order valence-corrected chi connectivity index (χ0v) is 8.57. The first-order valence-corrected chi connectivity index (χ1v) is 4.44. The summed E-state index contributed by atoms with van der Waals surface area (Å²) >= 11 is 0. The lowest BCUT2D eigenvalue weighted by atomic mass is 10.0. The fourth-order valence-electron chi connectivity index (χ4n) is 1.18. The van der Waals surface area contributed by atoms with Crippen molar-refractivity contribution in [1.82, 2.24) is 9.97 Å². The van der Waals surface area contributed by atoms with Gasteiger partial charge in [0.1, 0.15) is 0 Å². The van der Waals surface area contributed by atoms with Crippen LogP contribution in [0, 0.1) is 0 Å². The summed E-state index contributed by atoms with van der Waals surface area (Å²) in [4.78, 5) is 28.1. The third kappa shape index (κ3) is 3.41. The van der Waals surface area contributed by atoms with Crippen molar-refractivity contribution in [1.29, 1.82) is 0 Å². The Hall–Kier alpha value is -1.85. The van der Waals surface area contributed by atoms with Gasteiger partial charge < -0.3 is 15.4 Å². The van der Waals surface area contributed by atoms with Gasteiger partial charge in [0.15, 0.2) is 5.82 Å². The van der Waals surface area contributed by atoms with Crippen LogP contribution in [0.3, 0.4) is 0 Å². The molecule has 0 unspecified atom stereocenters. The topological polar surface area (TPSA) is 95.1 Å². The number of anilines is 1. The molecule has 82 valence electrons. The van der Waals surface area contributed by atoms with Crippen LogP contribution in [-0.4, -0.2) is 26.6 Å². The fraction of sp³-hybridized carbons (Fsp3) is 0.444. The van der Waals surface area contributed by atoms with E-state index in [1.807, 2.05) is 0 Å². The maximum atomic E-state index is 11.3. The van der Waals surface area contributed by atoms with E-state index in [1.165, 1.54) is 12.4 Å². The van der Waals surface area contributed by atoms with Crippen molar-refractivity contribution in [2.75, 3.05) is 5.32 Å². The molecule has 0 saturated carbocycles. The molecule has 0 aliphatic rings. The molecule has 1 aromatic heterocycles. The van der Waals surface area contributed by atoms with Gasteiger partial charge in [0.25, 0.3) is 5.56 Å². The largest absolute Gasteiger partial charge is 0.481 e. The Morgan fingerprint density at radius 1 is 1.67 bits per heavy atom. The molecule has 1 heterocycles. The highest BCUT2D eigenvalue weighted by atomic mass is 16.4. The summed E-state index contributed by atoms with van der Waals surface area (Å²) in [6, 6.07) is 0. The highest BCUT2D eigenvalue weighted by molar-refractivity contribution is 5.69. The number of aliphatic carboxylic acids is 1. The Kier molecular flexibility index (Phi) is 3.08. The van der Waals surface area contributed by atoms with Crippen molar-refractivity contribution >= 4 is 11.8 Å². The quantitative estimate of drug-likeness (QED) is 0.671. The number of aromatic nitrogens is 2. The molecule has 0 aromatic carbocycles. The van der Waals surface area contributed by atoms with Crippen LogP contribution >= 0.6 is 0 Å². The van der Waals surface area contributed by atoms with Gasteiger partial charge >= 0.3 is 5.97 Å². The van der Waals surface area contributed by atoms with Crippen molar-refractivity contribution in [2.45, 2.75) is 25.8 Å². The molecule has 0 aliphatic heterocycles. The Morgan fingerprint density at radius 3 is 2.87 bits per heavy atom. The van der Waals surface area contributed by atoms with Gasteiger partial charge in [-0.2, -0.15) is 0 Å². The average Bonchev–Trinajstić information content (AvgIpc) is 2.06. The van der Waals surface area contributed by atoms with E-state index in [-0.39, 0.29) is 17.8 Å². The van der Waals surface area contributed by atoms with Crippen LogP contribution < -0.4 is 10.9 Å². The molecule has 1 rings (SSSR count). The van der Waals surface area contributed by atoms with E-state index in [0.29, 0.717) is 0 Å². The molecule has 0 fully saturated rings. The van der Waals surface area contributed by atoms with Gasteiger partial charge in [-0.05, 0) is 13.8 Å². The smallest absolute Gasteiger partial charge is 0.305 e. The first-order chi connectivity index (χ1) is 6.91. The van der Waals surface area contributed by atoms with Crippen LogP contribution in [0.2, 0.25) is 0 Å². The predicted octanol–water partition coefficient (Wildman–Crippen LogP) is 0.435. The second-order valence-electron chi connectivity index (χ2n) is 3.85. The standard InChI is InChI=1S/C9H13N3O3/c1-9(2,5-6(13)14)12-7-8(15)11-4-3-10-7/h3-4H,5H2,1-2H3,(H,10,12)(H,11,15)(H,13,14). The number of carboxylic acids is 1. The molecule has 0 spiro atoms. The maximum absolute atomic E-state index is 11.3. The average molecular weight is 211 g/mol. The van der Waals surface area contributed by atoms with E-state index in [9.17, 15) is 9.59 Å². The number of rotatable bonds is 4. The minimum Gasteiger partial charge on any atom is -0.481 e. The first kappa shape index (κ1) is 11.2. The van der Waals surface area contributed by atoms with Crippen molar-refractivity contribution in [3.05, 3.63) is 22.7 Å². The van der Waals surface area contributed by atoms with Gasteiger partial charge in [-0.3, -0.25) is 9.59 Å². The minimum atomic E-state index is -0.931. The molecule has 0 aliphatic carbocycles. The van der Waals surface area contributed by atoms with Crippen LogP contribution in [0.25, 0.3) is 0 Å². The summed E-state index contributed by atoms with van der Waals surface area (Å²) in [7, 11) is 0. The molecular formula is C9H13N3O3. The molecular weight excluding hydrogens is 198 g/mol. The number of hydrogen-bond donors (Lipinski definition) is 3. The molecule has 0 radical (unpaired) electrons. The van der Waals surface area contributed by atoms with Crippen molar-refractivity contribution in [2.24, 2.45) is 0 Å². The zero-order valence-electron chi connectivity index (χ0n) is 8.57. The maximum Gasteiger partial charge on any atom is 0.305 e. The predicted molar refractivity (Wildman–Crippen MR) is 54.8 cm³/mol. The van der Waals surface area contributed by atoms with E-state index in [1.54, 1.807) is 13.8 Å². The summed E-state index contributed by atoms with van der Waals surface area (Å²) < 4.78 is 0. The normalized spacial score (nSPS) is 11.1. The van der Waals surface area contributed by atoms with Crippen molar-refractivity contribution in [3.63, 3.8) is 0 Å². The monoisotopic (exact) mass is 211 g/mol. The summed E-state index contributed by atoms with van der Waals surface area (Å²) in [6.45, 7) is 3.38. The molecule has 15 heavy (non-hydrogen) atoms. The number of aromatic amines is 1. The van der Waals surface area contributed by atoms with Gasteiger partial charge in [0.05, 0.1) is 6.42 Å². The van der Waals surface area contributed by atoms with Gasteiger partial charge in [0.2, 0.25) is 0 Å². The second-order valence-corrected chi connectivity index (χ2v) is 3.85. The molecule has 0 atom stereocenters. The zero-order chi connectivity index (χ0) is 11.5. The highest BCUT2D eigenvalue weighted by Gasteiger charge is 2.22. The van der Waals surface area contributed by atoms with Gasteiger partial charge in [-0.1, -0.05) is 0 Å². The third-order valence-corrected chi connectivity index (χ3v) is 1.76. The summed E-state index contributed by atoms with van der Waals surface area (Å²) in [5.41, 5.74) is -1.08. The summed E-state index contributed by atoms with van der Waals surface area (Å²) in [6.07, 6.45) is 2.75. The van der Waals surface area contributed by atoms with Crippen LogP contribution in [0.5, 0.6) is 0 Å². The van der Waals surface area contributed by atoms with Gasteiger partial charge in [-0.25, -0.2) is 4.98 Å². The third-order valence-electron chi connectivity index (χ3n) is 1.76. The van der Waals surface area contributed by atoms with Crippen LogP contribution in [0.4, 0.5) is 5.82 Å². The van der Waals surface area contributed by atoms with Gasteiger partial charge in [0, 0.05) is 17.9 Å². The molecule has 6 heteroatoms. The van der Waals surface area contributed by atoms with E-state index < -0.39 is 11.5 Å². The number of hydrogen-bond acceptors (Lipinski definition) is 4. The lowest BCUT2D eigenvalue weighted by Gasteiger charge is -2.24. The number of nitrogens with zero attached hydrogens (tertiary/aromatic N) is 1. The van der Waals surface area contributed by atoms with Crippen LogP contribution in [0.1, 0.15) is 20.3 Å². The molecule has 0 bridgehead atoms. The molecule has 3 N–H and O–H groups in total. The van der Waals surface area contributed by atoms with Crippen molar-refractivity contribution in [3.8, 4) is 0 Å². The number of carbonyl (C=O) groups is 1. The summed E-state index contributed by atoms with van der Waals surface area (Å²) in [5.74, 6) is -0.802. The van der Waals surface area contributed by atoms with Crippen LogP contribution in [-0.2, 0) is 4.79 Å². The lowest BCUT2D eigenvalue weighted by molar-refractivity contribution is -0.137. The fourth-order valence-corrected chi connectivity index (χ4v) is 1.18.